The minimum absolute atomic E-state index is 0.154. The van der Waals surface area contributed by atoms with Gasteiger partial charge in [0.2, 0.25) is 11.7 Å². The van der Waals surface area contributed by atoms with Crippen LogP contribution in [0.1, 0.15) is 30.9 Å². The fourth-order valence-electron chi connectivity index (χ4n) is 2.61. The second-order valence-corrected chi connectivity index (χ2v) is 6.32. The van der Waals surface area contributed by atoms with Crippen LogP contribution in [0, 0.1) is 6.92 Å². The van der Waals surface area contributed by atoms with Gasteiger partial charge in [0.15, 0.2) is 6.10 Å². The molecule has 6 heteroatoms. The van der Waals surface area contributed by atoms with Gasteiger partial charge in [-0.2, -0.15) is 4.98 Å². The van der Waals surface area contributed by atoms with Crippen LogP contribution in [0.25, 0.3) is 11.4 Å². The lowest BCUT2D eigenvalue weighted by Crippen LogP contribution is -2.36. The number of carbonyl (C=O) groups is 1. The molecule has 3 rings (SSSR count). The molecule has 27 heavy (non-hydrogen) atoms. The fourth-order valence-corrected chi connectivity index (χ4v) is 2.61. The molecule has 0 saturated carbocycles. The Bertz CT molecular complexity index is 903. The summed E-state index contributed by atoms with van der Waals surface area (Å²) in [5.41, 5.74) is 3.10. The molecule has 0 aliphatic heterocycles. The molecule has 0 spiro atoms. The van der Waals surface area contributed by atoms with Gasteiger partial charge in [-0.1, -0.05) is 60.1 Å². The number of nitrogens with zero attached hydrogens (tertiary/aromatic N) is 2. The van der Waals surface area contributed by atoms with E-state index in [1.165, 1.54) is 0 Å². The summed E-state index contributed by atoms with van der Waals surface area (Å²) in [6.45, 7) is 5.94. The highest BCUT2D eigenvalue weighted by Crippen LogP contribution is 2.20. The van der Waals surface area contributed by atoms with Crippen LogP contribution < -0.4 is 10.1 Å². The molecule has 0 bridgehead atoms. The van der Waals surface area contributed by atoms with Crippen LogP contribution in [0.2, 0.25) is 0 Å². The van der Waals surface area contributed by atoms with Crippen molar-refractivity contribution in [3.05, 3.63) is 65.5 Å². The summed E-state index contributed by atoms with van der Waals surface area (Å²) < 4.78 is 11.0. The van der Waals surface area contributed by atoms with E-state index in [9.17, 15) is 4.79 Å². The second-order valence-electron chi connectivity index (χ2n) is 6.32. The van der Waals surface area contributed by atoms with Crippen LogP contribution in [0.5, 0.6) is 5.75 Å². The normalized spacial score (nSPS) is 11.8. The van der Waals surface area contributed by atoms with Gasteiger partial charge >= 0.3 is 0 Å². The third kappa shape index (κ3) is 4.73. The molecule has 2 aromatic carbocycles. The molecule has 140 valence electrons. The van der Waals surface area contributed by atoms with Gasteiger partial charge in [0.1, 0.15) is 5.75 Å². The van der Waals surface area contributed by atoms with Gasteiger partial charge in [0.05, 0.1) is 6.54 Å². The number of nitrogens with one attached hydrogen (secondary N) is 1. The van der Waals surface area contributed by atoms with Crippen LogP contribution in [0.3, 0.4) is 0 Å². The average molecular weight is 365 g/mol. The zero-order chi connectivity index (χ0) is 19.2. The number of benzene rings is 2. The fraction of sp³-hybridized carbons (Fsp3) is 0.286. The standard InChI is InChI=1S/C21H23N3O3/c1-4-16-7-5-6-8-18(16)26-15(3)21(25)22-13-19-23-20(24-27-19)17-11-9-14(2)10-12-17/h5-12,15H,4,13H2,1-3H3,(H,22,25)/t15-/m1/s1. The number of hydrogen-bond donors (Lipinski definition) is 1. The van der Waals surface area contributed by atoms with E-state index in [1.807, 2.05) is 62.4 Å². The van der Waals surface area contributed by atoms with Gasteiger partial charge in [-0.3, -0.25) is 4.79 Å². The summed E-state index contributed by atoms with van der Waals surface area (Å²) in [6.07, 6.45) is 0.214. The summed E-state index contributed by atoms with van der Waals surface area (Å²) in [5, 5.41) is 6.73. The molecule has 1 atom stereocenters. The van der Waals surface area contributed by atoms with E-state index in [0.29, 0.717) is 11.7 Å². The Hall–Kier alpha value is -3.15. The maximum atomic E-state index is 12.3. The monoisotopic (exact) mass is 365 g/mol. The van der Waals surface area contributed by atoms with Crippen molar-refractivity contribution in [3.8, 4) is 17.1 Å². The predicted octanol–water partition coefficient (Wildman–Crippen LogP) is 3.69. The maximum absolute atomic E-state index is 12.3. The minimum atomic E-state index is -0.628. The highest BCUT2D eigenvalue weighted by Gasteiger charge is 2.17. The molecule has 3 aromatic rings. The first-order valence-corrected chi connectivity index (χ1v) is 8.98. The summed E-state index contributed by atoms with van der Waals surface area (Å²) in [5.74, 6) is 1.33. The molecule has 0 aliphatic carbocycles. The zero-order valence-corrected chi connectivity index (χ0v) is 15.7. The highest BCUT2D eigenvalue weighted by molar-refractivity contribution is 5.80. The molecule has 0 fully saturated rings. The molecular weight excluding hydrogens is 342 g/mol. The van der Waals surface area contributed by atoms with Crippen LogP contribution >= 0.6 is 0 Å². The van der Waals surface area contributed by atoms with E-state index in [4.69, 9.17) is 9.26 Å². The smallest absolute Gasteiger partial charge is 0.261 e. The van der Waals surface area contributed by atoms with Gasteiger partial charge in [-0.05, 0) is 31.9 Å². The second kappa shape index (κ2) is 8.49. The quantitative estimate of drug-likeness (QED) is 0.691. The largest absolute Gasteiger partial charge is 0.481 e. The van der Waals surface area contributed by atoms with Gasteiger partial charge in [-0.15, -0.1) is 0 Å². The average Bonchev–Trinajstić information content (AvgIpc) is 3.16. The lowest BCUT2D eigenvalue weighted by atomic mass is 10.1. The van der Waals surface area contributed by atoms with Gasteiger partial charge < -0.3 is 14.6 Å². The Morgan fingerprint density at radius 3 is 2.67 bits per heavy atom. The third-order valence-electron chi connectivity index (χ3n) is 4.22. The first-order chi connectivity index (χ1) is 13.1. The van der Waals surface area contributed by atoms with E-state index in [2.05, 4.69) is 15.5 Å². The third-order valence-corrected chi connectivity index (χ3v) is 4.22. The summed E-state index contributed by atoms with van der Waals surface area (Å²) in [4.78, 5) is 16.6. The van der Waals surface area contributed by atoms with Gasteiger partial charge in [0.25, 0.3) is 5.91 Å². The number of carbonyl (C=O) groups excluding carboxylic acids is 1. The van der Waals surface area contributed by atoms with Crippen LogP contribution in [0.15, 0.2) is 53.1 Å². The molecule has 1 amide bonds. The highest BCUT2D eigenvalue weighted by atomic mass is 16.5. The lowest BCUT2D eigenvalue weighted by molar-refractivity contribution is -0.127. The van der Waals surface area contributed by atoms with Crippen molar-refractivity contribution in [2.24, 2.45) is 0 Å². The van der Waals surface area contributed by atoms with Crippen LogP contribution in [-0.4, -0.2) is 22.2 Å². The number of aromatic nitrogens is 2. The Morgan fingerprint density at radius 1 is 1.19 bits per heavy atom. The molecular formula is C21H23N3O3. The minimum Gasteiger partial charge on any atom is -0.481 e. The number of aryl methyl sites for hydroxylation is 2. The number of hydrogen-bond acceptors (Lipinski definition) is 5. The van der Waals surface area contributed by atoms with Crippen molar-refractivity contribution < 1.29 is 14.1 Å². The number of ether oxygens (including phenoxy) is 1. The molecule has 0 radical (unpaired) electrons. The zero-order valence-electron chi connectivity index (χ0n) is 15.7. The summed E-state index contributed by atoms with van der Waals surface area (Å²) >= 11 is 0. The SMILES string of the molecule is CCc1ccccc1O[C@H](C)C(=O)NCc1nc(-c2ccc(C)cc2)no1. The molecule has 0 unspecified atom stereocenters. The Labute approximate surface area is 158 Å². The first kappa shape index (κ1) is 18.6. The van der Waals surface area contributed by atoms with E-state index < -0.39 is 6.10 Å². The summed E-state index contributed by atoms with van der Waals surface area (Å²) in [7, 11) is 0. The van der Waals surface area contributed by atoms with E-state index >= 15 is 0 Å². The van der Waals surface area contributed by atoms with Crippen molar-refractivity contribution in [1.29, 1.82) is 0 Å². The number of para-hydroxylation sites is 1. The molecule has 0 aliphatic rings. The summed E-state index contributed by atoms with van der Waals surface area (Å²) in [6, 6.07) is 15.6. The van der Waals surface area contributed by atoms with E-state index in [-0.39, 0.29) is 12.5 Å². The maximum Gasteiger partial charge on any atom is 0.261 e. The first-order valence-electron chi connectivity index (χ1n) is 8.98. The molecule has 1 N–H and O–H groups in total. The van der Waals surface area contributed by atoms with Crippen molar-refractivity contribution in [2.45, 2.75) is 39.8 Å². The Kier molecular flexibility index (Phi) is 5.86. The molecule has 0 saturated heterocycles. The Morgan fingerprint density at radius 2 is 1.93 bits per heavy atom. The van der Waals surface area contributed by atoms with Crippen molar-refractivity contribution in [3.63, 3.8) is 0 Å². The van der Waals surface area contributed by atoms with Crippen molar-refractivity contribution in [1.82, 2.24) is 15.5 Å². The van der Waals surface area contributed by atoms with E-state index in [1.54, 1.807) is 6.92 Å². The number of rotatable bonds is 7. The van der Waals surface area contributed by atoms with E-state index in [0.717, 1.165) is 28.9 Å². The topological polar surface area (TPSA) is 77.2 Å². The lowest BCUT2D eigenvalue weighted by Gasteiger charge is -2.16. The van der Waals surface area contributed by atoms with Crippen LogP contribution in [0.4, 0.5) is 0 Å². The molecule has 6 nitrogen and oxygen atoms in total. The number of amides is 1. The molecule has 1 heterocycles. The predicted molar refractivity (Wildman–Crippen MR) is 102 cm³/mol. The van der Waals surface area contributed by atoms with Crippen molar-refractivity contribution in [2.75, 3.05) is 0 Å². The van der Waals surface area contributed by atoms with Gasteiger partial charge in [-0.25, -0.2) is 0 Å². The van der Waals surface area contributed by atoms with Crippen LogP contribution in [-0.2, 0) is 17.8 Å². The van der Waals surface area contributed by atoms with Gasteiger partial charge in [0, 0.05) is 5.56 Å². The Balaban J connectivity index is 1.56. The van der Waals surface area contributed by atoms with Crippen molar-refractivity contribution >= 4 is 5.91 Å². The molecule has 1 aromatic heterocycles.